The summed E-state index contributed by atoms with van der Waals surface area (Å²) in [5, 5.41) is 10.8. The highest BCUT2D eigenvalue weighted by Crippen LogP contribution is 2.26. The van der Waals surface area contributed by atoms with Crippen molar-refractivity contribution in [3.05, 3.63) is 71.8 Å². The van der Waals surface area contributed by atoms with E-state index in [1.807, 2.05) is 6.07 Å². The van der Waals surface area contributed by atoms with Crippen LogP contribution in [0, 0.1) is 17.2 Å². The van der Waals surface area contributed by atoms with E-state index < -0.39 is 16.1 Å². The van der Waals surface area contributed by atoms with Crippen molar-refractivity contribution in [2.24, 2.45) is 5.92 Å². The number of urea groups is 1. The molecule has 1 saturated heterocycles. The van der Waals surface area contributed by atoms with Gasteiger partial charge in [0.15, 0.2) is 0 Å². The minimum absolute atomic E-state index is 0.0548. The summed E-state index contributed by atoms with van der Waals surface area (Å²) in [5.41, 5.74) is 3.62. The van der Waals surface area contributed by atoms with Crippen molar-refractivity contribution in [1.82, 2.24) is 14.7 Å². The van der Waals surface area contributed by atoms with Crippen LogP contribution < -0.4 is 10.2 Å². The average molecular weight is 493 g/mol. The molecule has 35 heavy (non-hydrogen) atoms. The Labute approximate surface area is 205 Å². The molecule has 0 atom stereocenters. The first-order valence-corrected chi connectivity index (χ1v) is 12.9. The lowest BCUT2D eigenvalue weighted by Gasteiger charge is -2.32. The number of hydrogen-bond donors (Lipinski definition) is 1. The van der Waals surface area contributed by atoms with Crippen LogP contribution in [0.3, 0.4) is 0 Å². The average Bonchev–Trinajstić information content (AvgIpc) is 2.88. The third-order valence-corrected chi connectivity index (χ3v) is 7.93. The summed E-state index contributed by atoms with van der Waals surface area (Å²) in [4.78, 5) is 14.7. The van der Waals surface area contributed by atoms with Crippen LogP contribution in [0.2, 0.25) is 0 Å². The Hall–Kier alpha value is -3.61. The van der Waals surface area contributed by atoms with Gasteiger partial charge in [0, 0.05) is 13.1 Å². The molecule has 1 heterocycles. The summed E-state index contributed by atoms with van der Waals surface area (Å²) in [6.45, 7) is 3.17. The minimum Gasteiger partial charge on any atom is -0.497 e. The predicted octanol–water partition coefficient (Wildman–Crippen LogP) is 4.27. The van der Waals surface area contributed by atoms with Gasteiger partial charge in [-0.3, -0.25) is 5.43 Å². The number of ether oxygens (including phenoxy) is 1. The fourth-order valence-corrected chi connectivity index (χ4v) is 5.38. The zero-order valence-electron chi connectivity index (χ0n) is 19.8. The molecule has 0 unspecified atom stereocenters. The molecule has 0 aromatic heterocycles. The molecule has 9 heteroatoms. The Kier molecular flexibility index (Phi) is 7.24. The van der Waals surface area contributed by atoms with E-state index in [1.165, 1.54) is 6.07 Å². The molecule has 0 saturated carbocycles. The number of methoxy groups -OCH3 is 1. The molecule has 1 N–H and O–H groups in total. The quantitative estimate of drug-likeness (QED) is 0.518. The molecular weight excluding hydrogens is 464 g/mol. The van der Waals surface area contributed by atoms with Crippen LogP contribution in [-0.2, 0) is 16.6 Å². The van der Waals surface area contributed by atoms with Crippen molar-refractivity contribution in [3.8, 4) is 11.8 Å². The molecule has 8 nitrogen and oxygen atoms in total. The number of rotatable bonds is 6. The van der Waals surface area contributed by atoms with Crippen LogP contribution in [0.15, 0.2) is 65.6 Å². The van der Waals surface area contributed by atoms with E-state index in [-0.39, 0.29) is 11.4 Å². The Bertz CT molecular complexity index is 1380. The fourth-order valence-electron chi connectivity index (χ4n) is 4.10. The molecule has 0 aliphatic carbocycles. The van der Waals surface area contributed by atoms with Crippen LogP contribution >= 0.6 is 0 Å². The number of nitrogens with zero attached hydrogens (tertiary/aromatic N) is 3. The van der Waals surface area contributed by atoms with Gasteiger partial charge in [-0.05, 0) is 71.5 Å². The molecular formula is C26H28N4O4S. The van der Waals surface area contributed by atoms with Gasteiger partial charge >= 0.3 is 6.03 Å². The first-order valence-electron chi connectivity index (χ1n) is 11.5. The van der Waals surface area contributed by atoms with Gasteiger partial charge in [0.2, 0.25) is 0 Å². The normalized spacial score (nSPS) is 14.6. The first kappa shape index (κ1) is 24.5. The highest BCUT2D eigenvalue weighted by Gasteiger charge is 2.30. The number of sulfonamides is 1. The van der Waals surface area contributed by atoms with E-state index in [1.54, 1.807) is 60.5 Å². The second kappa shape index (κ2) is 10.3. The third-order valence-electron chi connectivity index (χ3n) is 6.28. The van der Waals surface area contributed by atoms with Gasteiger partial charge in [-0.1, -0.05) is 31.2 Å². The minimum atomic E-state index is -4.11. The maximum atomic E-state index is 13.7. The highest BCUT2D eigenvalue weighted by molar-refractivity contribution is 7.89. The van der Waals surface area contributed by atoms with Crippen LogP contribution in [0.5, 0.6) is 5.75 Å². The number of likely N-dealkylation sites (tertiary alicyclic amines) is 1. The van der Waals surface area contributed by atoms with Crippen LogP contribution in [-0.4, -0.2) is 44.0 Å². The Balaban J connectivity index is 1.67. The van der Waals surface area contributed by atoms with E-state index in [9.17, 15) is 18.5 Å². The van der Waals surface area contributed by atoms with Gasteiger partial charge in [0.05, 0.1) is 30.2 Å². The predicted molar refractivity (Wildman–Crippen MR) is 133 cm³/mol. The maximum absolute atomic E-state index is 13.7. The van der Waals surface area contributed by atoms with Crippen molar-refractivity contribution in [2.75, 3.05) is 20.2 Å². The SMILES string of the molecule is COc1ccc2cc(S(=O)(=O)N(Cc3cccc(C#N)c3)NC(=O)N3CCC(C)CC3)ccc2c1. The number of carbonyl (C=O) groups excluding carboxylic acids is 1. The lowest BCUT2D eigenvalue weighted by Crippen LogP contribution is -2.52. The van der Waals surface area contributed by atoms with Crippen molar-refractivity contribution >= 4 is 26.8 Å². The smallest absolute Gasteiger partial charge is 0.332 e. The number of nitrogens with one attached hydrogen (secondary N) is 1. The molecule has 3 aromatic rings. The van der Waals surface area contributed by atoms with E-state index in [2.05, 4.69) is 18.4 Å². The lowest BCUT2D eigenvalue weighted by atomic mass is 10.00. The second-order valence-corrected chi connectivity index (χ2v) is 10.6. The molecule has 182 valence electrons. The Morgan fingerprint density at radius 2 is 1.83 bits per heavy atom. The van der Waals surface area contributed by atoms with Crippen molar-refractivity contribution in [1.29, 1.82) is 5.26 Å². The molecule has 3 aromatic carbocycles. The summed E-state index contributed by atoms with van der Waals surface area (Å²) >= 11 is 0. The summed E-state index contributed by atoms with van der Waals surface area (Å²) in [5.74, 6) is 1.21. The maximum Gasteiger partial charge on any atom is 0.332 e. The topological polar surface area (TPSA) is 103 Å². The number of piperidine rings is 1. The summed E-state index contributed by atoms with van der Waals surface area (Å²) < 4.78 is 33.7. The second-order valence-electron chi connectivity index (χ2n) is 8.79. The number of carbonyl (C=O) groups is 1. The van der Waals surface area contributed by atoms with Gasteiger partial charge in [0.1, 0.15) is 5.75 Å². The van der Waals surface area contributed by atoms with Gasteiger partial charge in [0.25, 0.3) is 10.0 Å². The van der Waals surface area contributed by atoms with E-state index >= 15 is 0 Å². The number of fused-ring (bicyclic) bond motifs is 1. The Morgan fingerprint density at radius 3 is 2.54 bits per heavy atom. The number of hydrogen-bond acceptors (Lipinski definition) is 5. The van der Waals surface area contributed by atoms with E-state index in [4.69, 9.17) is 4.74 Å². The summed E-state index contributed by atoms with van der Waals surface area (Å²) in [6, 6.07) is 18.5. The van der Waals surface area contributed by atoms with E-state index in [0.717, 1.165) is 28.0 Å². The lowest BCUT2D eigenvalue weighted by molar-refractivity contribution is 0.155. The van der Waals surface area contributed by atoms with Crippen molar-refractivity contribution < 1.29 is 17.9 Å². The van der Waals surface area contributed by atoms with Gasteiger partial charge < -0.3 is 9.64 Å². The molecule has 1 aliphatic rings. The number of amides is 2. The molecule has 1 aliphatic heterocycles. The molecule has 0 spiro atoms. The molecule has 2 amide bonds. The number of nitriles is 1. The summed E-state index contributed by atoms with van der Waals surface area (Å²) in [6.07, 6.45) is 1.75. The third kappa shape index (κ3) is 5.56. The first-order chi connectivity index (χ1) is 16.8. The Morgan fingerprint density at radius 1 is 1.11 bits per heavy atom. The molecule has 1 fully saturated rings. The van der Waals surface area contributed by atoms with Crippen LogP contribution in [0.25, 0.3) is 10.8 Å². The van der Waals surface area contributed by atoms with Gasteiger partial charge in [-0.15, -0.1) is 4.41 Å². The largest absolute Gasteiger partial charge is 0.497 e. The summed E-state index contributed by atoms with van der Waals surface area (Å²) in [7, 11) is -2.54. The van der Waals surface area contributed by atoms with Gasteiger partial charge in [-0.2, -0.15) is 5.26 Å². The molecule has 4 rings (SSSR count). The number of benzene rings is 3. The fraction of sp³-hybridized carbons (Fsp3) is 0.308. The van der Waals surface area contributed by atoms with E-state index in [0.29, 0.717) is 35.9 Å². The van der Waals surface area contributed by atoms with Crippen LogP contribution in [0.1, 0.15) is 30.9 Å². The monoisotopic (exact) mass is 492 g/mol. The number of hydrazine groups is 1. The van der Waals surface area contributed by atoms with Gasteiger partial charge in [-0.25, -0.2) is 13.2 Å². The van der Waals surface area contributed by atoms with Crippen LogP contribution in [0.4, 0.5) is 4.79 Å². The zero-order chi connectivity index (χ0) is 25.0. The zero-order valence-corrected chi connectivity index (χ0v) is 20.6. The van der Waals surface area contributed by atoms with Crippen molar-refractivity contribution in [2.45, 2.75) is 31.2 Å². The highest BCUT2D eigenvalue weighted by atomic mass is 32.2. The molecule has 0 radical (unpaired) electrons. The standard InChI is InChI=1S/C26H28N4O4S/c1-19-10-12-29(13-11-19)26(31)28-30(18-21-5-3-4-20(14-21)17-27)35(32,33)25-9-7-22-15-24(34-2)8-6-23(22)16-25/h3-9,14-16,19H,10-13,18H2,1-2H3,(H,28,31). The molecule has 0 bridgehead atoms. The van der Waals surface area contributed by atoms with Crippen molar-refractivity contribution in [3.63, 3.8) is 0 Å².